The molecule has 0 amide bonds. The largest absolute Gasteiger partial charge is 0.496 e. The molecule has 0 aliphatic carbocycles. The number of anilines is 1. The molecule has 0 saturated heterocycles. The first-order chi connectivity index (χ1) is 9.17. The van der Waals surface area contributed by atoms with Gasteiger partial charge < -0.3 is 15.0 Å². The molecule has 0 atom stereocenters. The summed E-state index contributed by atoms with van der Waals surface area (Å²) in [6, 6.07) is 11.7. The number of methoxy groups -OCH3 is 1. The highest BCUT2D eigenvalue weighted by Gasteiger charge is 2.12. The van der Waals surface area contributed by atoms with Gasteiger partial charge in [-0.3, -0.25) is 0 Å². The van der Waals surface area contributed by atoms with Crippen molar-refractivity contribution in [2.75, 3.05) is 12.8 Å². The SMILES string of the molecule is COc1cc2ccc(Br)cc2cc1-c1cc(N)on1. The average Bonchev–Trinajstić information content (AvgIpc) is 2.83. The predicted octanol–water partition coefficient (Wildman–Crippen LogP) is 3.85. The van der Waals surface area contributed by atoms with Crippen LogP contribution in [0.15, 0.2) is 45.4 Å². The van der Waals surface area contributed by atoms with Crippen LogP contribution in [0.25, 0.3) is 22.0 Å². The lowest BCUT2D eigenvalue weighted by atomic mass is 10.0. The zero-order chi connectivity index (χ0) is 13.4. The van der Waals surface area contributed by atoms with Gasteiger partial charge in [-0.05, 0) is 35.0 Å². The lowest BCUT2D eigenvalue weighted by molar-refractivity contribution is 0.414. The Hall–Kier alpha value is -2.01. The van der Waals surface area contributed by atoms with Crippen LogP contribution in [0, 0.1) is 0 Å². The molecule has 0 radical (unpaired) electrons. The third-order valence-electron chi connectivity index (χ3n) is 2.92. The summed E-state index contributed by atoms with van der Waals surface area (Å²) in [4.78, 5) is 0. The van der Waals surface area contributed by atoms with E-state index in [1.54, 1.807) is 13.2 Å². The van der Waals surface area contributed by atoms with Crippen molar-refractivity contribution in [3.63, 3.8) is 0 Å². The highest BCUT2D eigenvalue weighted by molar-refractivity contribution is 9.10. The number of nitrogen functional groups attached to an aromatic ring is 1. The fraction of sp³-hybridized carbons (Fsp3) is 0.0714. The first-order valence-corrected chi connectivity index (χ1v) is 6.46. The van der Waals surface area contributed by atoms with E-state index in [4.69, 9.17) is 15.0 Å². The van der Waals surface area contributed by atoms with Crippen LogP contribution >= 0.6 is 15.9 Å². The normalized spacial score (nSPS) is 10.8. The smallest absolute Gasteiger partial charge is 0.222 e. The van der Waals surface area contributed by atoms with Crippen LogP contribution in [-0.2, 0) is 0 Å². The first kappa shape index (κ1) is 12.0. The minimum absolute atomic E-state index is 0.284. The van der Waals surface area contributed by atoms with Crippen molar-refractivity contribution >= 4 is 32.6 Å². The van der Waals surface area contributed by atoms with E-state index in [-0.39, 0.29) is 5.88 Å². The van der Waals surface area contributed by atoms with Crippen LogP contribution in [-0.4, -0.2) is 12.3 Å². The zero-order valence-corrected chi connectivity index (χ0v) is 11.8. The Morgan fingerprint density at radius 3 is 2.68 bits per heavy atom. The van der Waals surface area contributed by atoms with Gasteiger partial charge in [-0.2, -0.15) is 0 Å². The Balaban J connectivity index is 2.27. The van der Waals surface area contributed by atoms with E-state index in [0.29, 0.717) is 5.69 Å². The molecule has 5 heteroatoms. The minimum Gasteiger partial charge on any atom is -0.496 e. The van der Waals surface area contributed by atoms with E-state index in [1.807, 2.05) is 30.3 Å². The maximum atomic E-state index is 5.57. The Bertz CT molecular complexity index is 752. The van der Waals surface area contributed by atoms with Gasteiger partial charge in [-0.1, -0.05) is 27.2 Å². The third-order valence-corrected chi connectivity index (χ3v) is 3.42. The van der Waals surface area contributed by atoms with Crippen molar-refractivity contribution in [2.24, 2.45) is 0 Å². The molecule has 3 rings (SSSR count). The average molecular weight is 319 g/mol. The first-order valence-electron chi connectivity index (χ1n) is 5.67. The molecule has 0 fully saturated rings. The highest BCUT2D eigenvalue weighted by atomic mass is 79.9. The molecule has 0 spiro atoms. The van der Waals surface area contributed by atoms with Gasteiger partial charge in [0, 0.05) is 16.1 Å². The van der Waals surface area contributed by atoms with Gasteiger partial charge in [-0.25, -0.2) is 0 Å². The molecule has 3 aromatic rings. The molecule has 0 aliphatic rings. The van der Waals surface area contributed by atoms with Crippen LogP contribution < -0.4 is 10.5 Å². The quantitative estimate of drug-likeness (QED) is 0.779. The number of hydrogen-bond acceptors (Lipinski definition) is 4. The second-order valence-corrected chi connectivity index (χ2v) is 5.07. The Morgan fingerprint density at radius 1 is 1.16 bits per heavy atom. The summed E-state index contributed by atoms with van der Waals surface area (Å²) in [7, 11) is 1.63. The minimum atomic E-state index is 0.284. The molecule has 2 N–H and O–H groups in total. The Morgan fingerprint density at radius 2 is 2.00 bits per heavy atom. The number of ether oxygens (including phenoxy) is 1. The van der Waals surface area contributed by atoms with Gasteiger partial charge in [0.2, 0.25) is 5.88 Å². The molecule has 1 aromatic heterocycles. The molecule has 0 aliphatic heterocycles. The van der Waals surface area contributed by atoms with Crippen molar-refractivity contribution in [2.45, 2.75) is 0 Å². The fourth-order valence-electron chi connectivity index (χ4n) is 2.03. The molecular formula is C14H11BrN2O2. The maximum absolute atomic E-state index is 5.57. The number of benzene rings is 2. The maximum Gasteiger partial charge on any atom is 0.222 e. The van der Waals surface area contributed by atoms with E-state index in [9.17, 15) is 0 Å². The Kier molecular flexibility index (Phi) is 2.91. The molecule has 4 nitrogen and oxygen atoms in total. The van der Waals surface area contributed by atoms with Gasteiger partial charge in [0.25, 0.3) is 0 Å². The molecule has 0 bridgehead atoms. The summed E-state index contributed by atoms with van der Waals surface area (Å²) in [6.07, 6.45) is 0. The number of hydrogen-bond donors (Lipinski definition) is 1. The van der Waals surface area contributed by atoms with Crippen LogP contribution in [0.1, 0.15) is 0 Å². The topological polar surface area (TPSA) is 61.3 Å². The van der Waals surface area contributed by atoms with Gasteiger partial charge in [0.05, 0.1) is 7.11 Å². The van der Waals surface area contributed by atoms with Gasteiger partial charge in [0.1, 0.15) is 11.4 Å². The second kappa shape index (κ2) is 4.59. The highest BCUT2D eigenvalue weighted by Crippen LogP contribution is 2.35. The summed E-state index contributed by atoms with van der Waals surface area (Å²) in [6.45, 7) is 0. The lowest BCUT2D eigenvalue weighted by Crippen LogP contribution is -1.89. The van der Waals surface area contributed by atoms with E-state index in [1.165, 1.54) is 0 Å². The monoisotopic (exact) mass is 318 g/mol. The number of aromatic nitrogens is 1. The number of nitrogens with zero attached hydrogens (tertiary/aromatic N) is 1. The van der Waals surface area contributed by atoms with Crippen LogP contribution in [0.2, 0.25) is 0 Å². The second-order valence-electron chi connectivity index (χ2n) is 4.16. The van der Waals surface area contributed by atoms with Gasteiger partial charge >= 0.3 is 0 Å². The molecule has 19 heavy (non-hydrogen) atoms. The van der Waals surface area contributed by atoms with Gasteiger partial charge in [-0.15, -0.1) is 0 Å². The third kappa shape index (κ3) is 2.17. The van der Waals surface area contributed by atoms with E-state index in [2.05, 4.69) is 21.1 Å². The van der Waals surface area contributed by atoms with Crippen molar-refractivity contribution in [1.29, 1.82) is 0 Å². The molecule has 96 valence electrons. The van der Waals surface area contributed by atoms with E-state index >= 15 is 0 Å². The lowest BCUT2D eigenvalue weighted by Gasteiger charge is -2.08. The summed E-state index contributed by atoms with van der Waals surface area (Å²) < 4.78 is 11.4. The number of fused-ring (bicyclic) bond motifs is 1. The summed E-state index contributed by atoms with van der Waals surface area (Å²) >= 11 is 3.47. The molecule has 2 aromatic carbocycles. The van der Waals surface area contributed by atoms with Crippen LogP contribution in [0.5, 0.6) is 5.75 Å². The van der Waals surface area contributed by atoms with Crippen LogP contribution in [0.4, 0.5) is 5.88 Å². The fourth-order valence-corrected chi connectivity index (χ4v) is 2.41. The Labute approximate surface area is 118 Å². The van der Waals surface area contributed by atoms with Crippen molar-refractivity contribution < 1.29 is 9.26 Å². The summed E-state index contributed by atoms with van der Waals surface area (Å²) in [5.74, 6) is 1.02. The van der Waals surface area contributed by atoms with Gasteiger partial charge in [0.15, 0.2) is 0 Å². The number of nitrogens with two attached hydrogens (primary N) is 1. The zero-order valence-electron chi connectivity index (χ0n) is 10.2. The molecule has 1 heterocycles. The number of halogens is 1. The van der Waals surface area contributed by atoms with E-state index in [0.717, 1.165) is 26.6 Å². The standard InChI is InChI=1S/C14H11BrN2O2/c1-18-13-6-8-2-3-10(15)4-9(8)5-11(13)12-7-14(16)19-17-12/h2-7H,16H2,1H3. The van der Waals surface area contributed by atoms with E-state index < -0.39 is 0 Å². The van der Waals surface area contributed by atoms with Crippen molar-refractivity contribution in [1.82, 2.24) is 5.16 Å². The number of rotatable bonds is 2. The molecule has 0 unspecified atom stereocenters. The molecule has 0 saturated carbocycles. The van der Waals surface area contributed by atoms with Crippen LogP contribution in [0.3, 0.4) is 0 Å². The van der Waals surface area contributed by atoms with Crippen molar-refractivity contribution in [3.8, 4) is 17.0 Å². The summed E-state index contributed by atoms with van der Waals surface area (Å²) in [5.41, 5.74) is 7.09. The summed E-state index contributed by atoms with van der Waals surface area (Å²) in [5, 5.41) is 6.12. The van der Waals surface area contributed by atoms with Crippen molar-refractivity contribution in [3.05, 3.63) is 40.9 Å². The predicted molar refractivity (Wildman–Crippen MR) is 78.1 cm³/mol. The molecular weight excluding hydrogens is 308 g/mol.